The van der Waals surface area contributed by atoms with Crippen LogP contribution in [0.5, 0.6) is 5.75 Å². The molecule has 0 radical (unpaired) electrons. The minimum Gasteiger partial charge on any atom is -1.00 e. The van der Waals surface area contributed by atoms with E-state index in [1.807, 2.05) is 28.8 Å². The first-order valence-corrected chi connectivity index (χ1v) is 7.70. The van der Waals surface area contributed by atoms with Crippen LogP contribution in [0.25, 0.3) is 11.0 Å². The number of carbonyl (C=O) groups excluding carboxylic acids is 1. The van der Waals surface area contributed by atoms with Gasteiger partial charge in [-0.1, -0.05) is 24.3 Å². The molecule has 0 saturated heterocycles. The van der Waals surface area contributed by atoms with Crippen molar-refractivity contribution in [1.82, 2.24) is 9.55 Å². The van der Waals surface area contributed by atoms with Crippen LogP contribution in [0.4, 0.5) is 5.95 Å². The predicted molar refractivity (Wildman–Crippen MR) is 92.6 cm³/mol. The maximum Gasteiger partial charge on any atom is 0.204 e. The summed E-state index contributed by atoms with van der Waals surface area (Å²) >= 11 is 0. The van der Waals surface area contributed by atoms with Gasteiger partial charge in [0.2, 0.25) is 5.95 Å². The lowest BCUT2D eigenvalue weighted by molar-refractivity contribution is -0.0000141. The Morgan fingerprint density at radius 3 is 2.80 bits per heavy atom. The van der Waals surface area contributed by atoms with Crippen molar-refractivity contribution in [2.75, 3.05) is 25.6 Å². The Hall–Kier alpha value is -2.38. The number of aliphatic hydroxyl groups excluding tert-OH is 1. The molecule has 0 aliphatic heterocycles. The van der Waals surface area contributed by atoms with Crippen molar-refractivity contribution < 1.29 is 31.6 Å². The standard InChI is InChI=1S/C18H19N3O3.BrH/c1-24-14-6-4-5-13(11-14)17(23)12-21-16-8-3-2-7-15(16)20-18(21)19-9-10-22;/h2-8,11,22H,9-10,12H2,1H3,(H,19,20);1H/p-1. The third-order valence-corrected chi connectivity index (χ3v) is 3.74. The van der Waals surface area contributed by atoms with Crippen molar-refractivity contribution in [3.63, 3.8) is 0 Å². The van der Waals surface area contributed by atoms with Crippen LogP contribution in [0, 0.1) is 0 Å². The van der Waals surface area contributed by atoms with Crippen LogP contribution >= 0.6 is 0 Å². The molecule has 0 unspecified atom stereocenters. The molecule has 0 spiro atoms. The fourth-order valence-corrected chi connectivity index (χ4v) is 2.57. The second kappa shape index (κ2) is 8.64. The van der Waals surface area contributed by atoms with Crippen LogP contribution in [-0.4, -0.2) is 40.7 Å². The van der Waals surface area contributed by atoms with Crippen molar-refractivity contribution in [3.05, 3.63) is 54.1 Å². The van der Waals surface area contributed by atoms with Gasteiger partial charge in [0.05, 0.1) is 31.3 Å². The summed E-state index contributed by atoms with van der Waals surface area (Å²) in [6.07, 6.45) is 0. The summed E-state index contributed by atoms with van der Waals surface area (Å²) in [4.78, 5) is 17.2. The van der Waals surface area contributed by atoms with E-state index in [1.54, 1.807) is 31.4 Å². The van der Waals surface area contributed by atoms with Gasteiger partial charge in [-0.15, -0.1) is 0 Å². The van der Waals surface area contributed by atoms with Crippen LogP contribution < -0.4 is 27.0 Å². The number of nitrogens with zero attached hydrogens (tertiary/aromatic N) is 2. The Balaban J connectivity index is 0.00000225. The molecule has 0 fully saturated rings. The molecular formula is C18H19BrN3O3-. The average molecular weight is 405 g/mol. The van der Waals surface area contributed by atoms with E-state index in [1.165, 1.54) is 0 Å². The molecule has 3 aromatic rings. The Kier molecular flexibility index (Phi) is 6.55. The Morgan fingerprint density at radius 1 is 1.24 bits per heavy atom. The molecule has 0 saturated carbocycles. The van der Waals surface area contributed by atoms with Gasteiger partial charge in [0.15, 0.2) is 5.78 Å². The Morgan fingerprint density at radius 2 is 2.04 bits per heavy atom. The van der Waals surface area contributed by atoms with Crippen molar-refractivity contribution >= 4 is 22.8 Å². The molecule has 2 aromatic carbocycles. The zero-order valence-corrected chi connectivity index (χ0v) is 15.4. The summed E-state index contributed by atoms with van der Waals surface area (Å²) in [6, 6.07) is 14.7. The van der Waals surface area contributed by atoms with Gasteiger partial charge in [-0.3, -0.25) is 4.79 Å². The fourth-order valence-electron chi connectivity index (χ4n) is 2.57. The number of halogens is 1. The average Bonchev–Trinajstić information content (AvgIpc) is 2.97. The zero-order valence-electron chi connectivity index (χ0n) is 13.8. The minimum atomic E-state index is -0.0379. The van der Waals surface area contributed by atoms with Gasteiger partial charge in [-0.25, -0.2) is 4.98 Å². The van der Waals surface area contributed by atoms with E-state index < -0.39 is 0 Å². The maximum absolute atomic E-state index is 12.7. The molecule has 132 valence electrons. The highest BCUT2D eigenvalue weighted by Crippen LogP contribution is 2.21. The van der Waals surface area contributed by atoms with Gasteiger partial charge >= 0.3 is 0 Å². The number of methoxy groups -OCH3 is 1. The van der Waals surface area contributed by atoms with Gasteiger partial charge in [0.1, 0.15) is 5.75 Å². The number of imidazole rings is 1. The van der Waals surface area contributed by atoms with Crippen LogP contribution in [0.3, 0.4) is 0 Å². The SMILES string of the molecule is COc1cccc(C(=O)Cn2c(NCCO)nc3ccccc32)c1.[Br-]. The summed E-state index contributed by atoms with van der Waals surface area (Å²) in [6.45, 7) is 0.519. The van der Waals surface area contributed by atoms with Crippen molar-refractivity contribution in [3.8, 4) is 5.75 Å². The molecule has 25 heavy (non-hydrogen) atoms. The third kappa shape index (κ3) is 4.18. The second-order valence-electron chi connectivity index (χ2n) is 5.32. The van der Waals surface area contributed by atoms with Crippen LogP contribution in [-0.2, 0) is 6.54 Å². The first kappa shape index (κ1) is 19.0. The number of hydrogen-bond acceptors (Lipinski definition) is 5. The smallest absolute Gasteiger partial charge is 0.204 e. The fraction of sp³-hybridized carbons (Fsp3) is 0.222. The Bertz CT molecular complexity index is 864. The molecule has 0 aliphatic carbocycles. The molecule has 6 nitrogen and oxygen atoms in total. The minimum absolute atomic E-state index is 0. The summed E-state index contributed by atoms with van der Waals surface area (Å²) in [5.41, 5.74) is 2.26. The monoisotopic (exact) mass is 404 g/mol. The lowest BCUT2D eigenvalue weighted by Crippen LogP contribution is -3.00. The molecule has 0 bridgehead atoms. The summed E-state index contributed by atoms with van der Waals surface area (Å²) in [5, 5.41) is 12.1. The van der Waals surface area contributed by atoms with Crippen molar-refractivity contribution in [1.29, 1.82) is 0 Å². The third-order valence-electron chi connectivity index (χ3n) is 3.74. The number of nitrogens with one attached hydrogen (secondary N) is 1. The number of rotatable bonds is 7. The largest absolute Gasteiger partial charge is 1.00 e. The number of benzene rings is 2. The van der Waals surface area contributed by atoms with Gasteiger partial charge < -0.3 is 36.7 Å². The lowest BCUT2D eigenvalue weighted by atomic mass is 10.1. The normalized spacial score (nSPS) is 10.3. The maximum atomic E-state index is 12.7. The number of aliphatic hydroxyl groups is 1. The first-order chi connectivity index (χ1) is 11.7. The number of carbonyl (C=O) groups is 1. The van der Waals surface area contributed by atoms with E-state index in [4.69, 9.17) is 9.84 Å². The van der Waals surface area contributed by atoms with E-state index in [2.05, 4.69) is 10.3 Å². The summed E-state index contributed by atoms with van der Waals surface area (Å²) in [5.74, 6) is 1.18. The number of hydrogen-bond donors (Lipinski definition) is 2. The summed E-state index contributed by atoms with van der Waals surface area (Å²) < 4.78 is 7.00. The number of ketones is 1. The lowest BCUT2D eigenvalue weighted by Gasteiger charge is -2.10. The van der Waals surface area contributed by atoms with Gasteiger partial charge in [0, 0.05) is 12.1 Å². The Labute approximate surface area is 156 Å². The number of para-hydroxylation sites is 2. The number of Topliss-reactive ketones (excluding diaryl/α,β-unsaturated/α-hetero) is 1. The first-order valence-electron chi connectivity index (χ1n) is 7.70. The van der Waals surface area contributed by atoms with Crippen molar-refractivity contribution in [2.45, 2.75) is 6.54 Å². The number of aromatic nitrogens is 2. The molecule has 2 N–H and O–H groups in total. The molecule has 7 heteroatoms. The van der Waals surface area contributed by atoms with Gasteiger partial charge in [-0.2, -0.15) is 0 Å². The molecule has 1 aromatic heterocycles. The highest BCUT2D eigenvalue weighted by Gasteiger charge is 2.15. The van der Waals surface area contributed by atoms with E-state index in [0.717, 1.165) is 11.0 Å². The molecule has 0 amide bonds. The summed E-state index contributed by atoms with van der Waals surface area (Å²) in [7, 11) is 1.57. The molecule has 1 heterocycles. The van der Waals surface area contributed by atoms with E-state index in [0.29, 0.717) is 23.8 Å². The second-order valence-corrected chi connectivity index (χ2v) is 5.32. The highest BCUT2D eigenvalue weighted by molar-refractivity contribution is 5.97. The number of ether oxygens (including phenoxy) is 1. The van der Waals surface area contributed by atoms with Gasteiger partial charge in [0.25, 0.3) is 0 Å². The molecule has 3 rings (SSSR count). The highest BCUT2D eigenvalue weighted by atomic mass is 79.9. The van der Waals surface area contributed by atoms with E-state index >= 15 is 0 Å². The van der Waals surface area contributed by atoms with E-state index in [9.17, 15) is 4.79 Å². The topological polar surface area (TPSA) is 76.4 Å². The number of fused-ring (bicyclic) bond motifs is 1. The van der Waals surface area contributed by atoms with Crippen molar-refractivity contribution in [2.24, 2.45) is 0 Å². The van der Waals surface area contributed by atoms with Crippen LogP contribution in [0.1, 0.15) is 10.4 Å². The predicted octanol–water partition coefficient (Wildman–Crippen LogP) is -0.664. The zero-order chi connectivity index (χ0) is 16.9. The van der Waals surface area contributed by atoms with Crippen LogP contribution in [0.2, 0.25) is 0 Å². The molecule has 0 aliphatic rings. The quantitative estimate of drug-likeness (QED) is 0.511. The number of anilines is 1. The molecule has 0 atom stereocenters. The van der Waals surface area contributed by atoms with E-state index in [-0.39, 0.29) is 35.9 Å². The van der Waals surface area contributed by atoms with Gasteiger partial charge in [-0.05, 0) is 24.3 Å². The molecular weight excluding hydrogens is 386 g/mol. The van der Waals surface area contributed by atoms with Crippen LogP contribution in [0.15, 0.2) is 48.5 Å².